The molecule has 6 nitrogen and oxygen atoms in total. The predicted molar refractivity (Wildman–Crippen MR) is 108 cm³/mol. The molecule has 0 N–H and O–H groups in total. The second-order valence-corrected chi connectivity index (χ2v) is 7.42. The van der Waals surface area contributed by atoms with E-state index in [1.54, 1.807) is 23.9 Å². The van der Waals surface area contributed by atoms with E-state index in [1.165, 1.54) is 0 Å². The smallest absolute Gasteiger partial charge is 0.191 e. The second-order valence-electron chi connectivity index (χ2n) is 6.04. The molecule has 2 heterocycles. The summed E-state index contributed by atoms with van der Waals surface area (Å²) in [6.07, 6.45) is 0. The third kappa shape index (κ3) is 4.37. The molecule has 4 aromatic rings. The van der Waals surface area contributed by atoms with E-state index in [0.717, 1.165) is 33.7 Å². The SMILES string of the molecule is Cn1c(COc2ccc(Cl)cc2)nnc1SCc1cc(-c2ccccc2)on1. The Labute approximate surface area is 171 Å². The van der Waals surface area contributed by atoms with Gasteiger partial charge in [0.15, 0.2) is 16.7 Å². The van der Waals surface area contributed by atoms with Crippen LogP contribution in [0.5, 0.6) is 5.75 Å². The maximum absolute atomic E-state index is 5.88. The van der Waals surface area contributed by atoms with Gasteiger partial charge in [0.2, 0.25) is 0 Å². The number of thioether (sulfide) groups is 1. The summed E-state index contributed by atoms with van der Waals surface area (Å²) in [7, 11) is 1.92. The summed E-state index contributed by atoms with van der Waals surface area (Å²) in [6.45, 7) is 0.327. The van der Waals surface area contributed by atoms with Crippen LogP contribution in [0.4, 0.5) is 0 Å². The van der Waals surface area contributed by atoms with Crippen molar-refractivity contribution in [1.29, 1.82) is 0 Å². The molecule has 0 unspecified atom stereocenters. The van der Waals surface area contributed by atoms with Gasteiger partial charge in [0.25, 0.3) is 0 Å². The van der Waals surface area contributed by atoms with Gasteiger partial charge >= 0.3 is 0 Å². The van der Waals surface area contributed by atoms with E-state index < -0.39 is 0 Å². The van der Waals surface area contributed by atoms with Crippen molar-refractivity contribution < 1.29 is 9.26 Å². The molecule has 8 heteroatoms. The molecule has 0 aliphatic carbocycles. The quantitative estimate of drug-likeness (QED) is 0.398. The Morgan fingerprint density at radius 3 is 2.64 bits per heavy atom. The molecule has 0 atom stereocenters. The summed E-state index contributed by atoms with van der Waals surface area (Å²) < 4.78 is 13.1. The zero-order chi connectivity index (χ0) is 19.3. The first-order valence-corrected chi connectivity index (χ1v) is 9.96. The third-order valence-corrected chi connectivity index (χ3v) is 5.38. The summed E-state index contributed by atoms with van der Waals surface area (Å²) >= 11 is 7.43. The van der Waals surface area contributed by atoms with Crippen LogP contribution in [0.15, 0.2) is 70.3 Å². The van der Waals surface area contributed by atoms with E-state index in [9.17, 15) is 0 Å². The molecule has 0 radical (unpaired) electrons. The molecular weight excluding hydrogens is 396 g/mol. The molecular formula is C20H17ClN4O2S. The Balaban J connectivity index is 1.36. The average molecular weight is 413 g/mol. The van der Waals surface area contributed by atoms with Gasteiger partial charge in [-0.25, -0.2) is 0 Å². The number of ether oxygens (including phenoxy) is 1. The van der Waals surface area contributed by atoms with Gasteiger partial charge in [-0.1, -0.05) is 58.9 Å². The van der Waals surface area contributed by atoms with Crippen LogP contribution in [-0.2, 0) is 19.4 Å². The van der Waals surface area contributed by atoms with Crippen molar-refractivity contribution in [3.63, 3.8) is 0 Å². The van der Waals surface area contributed by atoms with Crippen molar-refractivity contribution in [3.05, 3.63) is 77.2 Å². The molecule has 0 aliphatic rings. The largest absolute Gasteiger partial charge is 0.486 e. The van der Waals surface area contributed by atoms with Crippen molar-refractivity contribution in [1.82, 2.24) is 19.9 Å². The minimum absolute atomic E-state index is 0.327. The van der Waals surface area contributed by atoms with Crippen LogP contribution in [0.25, 0.3) is 11.3 Å². The Bertz CT molecular complexity index is 1050. The Hall–Kier alpha value is -2.77. The highest BCUT2D eigenvalue weighted by atomic mass is 35.5. The number of hydrogen-bond acceptors (Lipinski definition) is 6. The van der Waals surface area contributed by atoms with Gasteiger partial charge in [-0.2, -0.15) is 0 Å². The third-order valence-electron chi connectivity index (χ3n) is 4.07. The van der Waals surface area contributed by atoms with Crippen molar-refractivity contribution in [2.24, 2.45) is 7.05 Å². The summed E-state index contributed by atoms with van der Waals surface area (Å²) in [5.74, 6) is 2.87. The topological polar surface area (TPSA) is 66.0 Å². The molecule has 0 saturated carbocycles. The fourth-order valence-electron chi connectivity index (χ4n) is 2.53. The number of halogens is 1. The molecule has 0 bridgehead atoms. The van der Waals surface area contributed by atoms with E-state index >= 15 is 0 Å². The van der Waals surface area contributed by atoms with Gasteiger partial charge in [0.1, 0.15) is 12.4 Å². The lowest BCUT2D eigenvalue weighted by atomic mass is 10.2. The highest BCUT2D eigenvalue weighted by Crippen LogP contribution is 2.25. The van der Waals surface area contributed by atoms with Crippen LogP contribution in [0.2, 0.25) is 5.02 Å². The van der Waals surface area contributed by atoms with E-state index in [2.05, 4.69) is 15.4 Å². The monoisotopic (exact) mass is 412 g/mol. The van der Waals surface area contributed by atoms with Crippen LogP contribution in [0.1, 0.15) is 11.5 Å². The van der Waals surface area contributed by atoms with Gasteiger partial charge in [0, 0.05) is 29.5 Å². The van der Waals surface area contributed by atoms with Crippen LogP contribution in [-0.4, -0.2) is 19.9 Å². The van der Waals surface area contributed by atoms with Gasteiger partial charge in [0.05, 0.1) is 5.69 Å². The standard InChI is InChI=1S/C20H17ClN4O2S/c1-25-19(12-26-17-9-7-15(21)8-10-17)22-23-20(25)28-13-16-11-18(27-24-16)14-5-3-2-4-6-14/h2-11H,12-13H2,1H3. The number of hydrogen-bond donors (Lipinski definition) is 0. The number of rotatable bonds is 7. The minimum atomic E-state index is 0.327. The maximum Gasteiger partial charge on any atom is 0.191 e. The fourth-order valence-corrected chi connectivity index (χ4v) is 3.47. The molecule has 2 aromatic heterocycles. The number of nitrogens with zero attached hydrogens (tertiary/aromatic N) is 4. The van der Waals surface area contributed by atoms with Gasteiger partial charge < -0.3 is 13.8 Å². The highest BCUT2D eigenvalue weighted by Gasteiger charge is 2.12. The number of benzene rings is 2. The van der Waals surface area contributed by atoms with Crippen molar-refractivity contribution >= 4 is 23.4 Å². The normalized spacial score (nSPS) is 10.9. The van der Waals surface area contributed by atoms with Crippen molar-refractivity contribution in [2.75, 3.05) is 0 Å². The molecule has 0 spiro atoms. The molecule has 2 aromatic carbocycles. The van der Waals surface area contributed by atoms with Crippen LogP contribution >= 0.6 is 23.4 Å². The first-order chi connectivity index (χ1) is 13.7. The van der Waals surface area contributed by atoms with E-state index in [4.69, 9.17) is 20.9 Å². The van der Waals surface area contributed by atoms with Crippen molar-refractivity contribution in [2.45, 2.75) is 17.5 Å². The van der Waals surface area contributed by atoms with Crippen LogP contribution in [0.3, 0.4) is 0 Å². The molecule has 0 amide bonds. The first kappa shape index (κ1) is 18.6. The van der Waals surface area contributed by atoms with Crippen LogP contribution < -0.4 is 4.74 Å². The highest BCUT2D eigenvalue weighted by molar-refractivity contribution is 7.98. The zero-order valence-electron chi connectivity index (χ0n) is 15.1. The van der Waals surface area contributed by atoms with Crippen molar-refractivity contribution in [3.8, 4) is 17.1 Å². The van der Waals surface area contributed by atoms with E-state index in [0.29, 0.717) is 17.4 Å². The molecule has 0 fully saturated rings. The molecule has 28 heavy (non-hydrogen) atoms. The van der Waals surface area contributed by atoms with Gasteiger partial charge in [-0.3, -0.25) is 0 Å². The number of aromatic nitrogens is 4. The van der Waals surface area contributed by atoms with Crippen LogP contribution in [0, 0.1) is 0 Å². The van der Waals surface area contributed by atoms with Gasteiger partial charge in [-0.05, 0) is 24.3 Å². The lowest BCUT2D eigenvalue weighted by molar-refractivity contribution is 0.290. The maximum atomic E-state index is 5.88. The first-order valence-electron chi connectivity index (χ1n) is 8.59. The summed E-state index contributed by atoms with van der Waals surface area (Å²) in [5, 5.41) is 14.1. The lowest BCUT2D eigenvalue weighted by Crippen LogP contribution is -2.04. The Morgan fingerprint density at radius 1 is 1.07 bits per heavy atom. The summed E-state index contributed by atoms with van der Waals surface area (Å²) in [6, 6.07) is 19.1. The lowest BCUT2D eigenvalue weighted by Gasteiger charge is -2.06. The van der Waals surface area contributed by atoms with E-state index in [-0.39, 0.29) is 0 Å². The van der Waals surface area contributed by atoms with Gasteiger partial charge in [-0.15, -0.1) is 10.2 Å². The second kappa shape index (κ2) is 8.50. The Kier molecular flexibility index (Phi) is 5.64. The molecule has 0 saturated heterocycles. The Morgan fingerprint density at radius 2 is 1.86 bits per heavy atom. The average Bonchev–Trinajstić information content (AvgIpc) is 3.34. The summed E-state index contributed by atoms with van der Waals surface area (Å²) in [5.41, 5.74) is 1.86. The zero-order valence-corrected chi connectivity index (χ0v) is 16.7. The predicted octanol–water partition coefficient (Wildman–Crippen LogP) is 4.99. The molecule has 4 rings (SSSR count). The minimum Gasteiger partial charge on any atom is -0.486 e. The molecule has 0 aliphatic heterocycles. The summed E-state index contributed by atoms with van der Waals surface area (Å²) in [4.78, 5) is 0. The fraction of sp³-hybridized carbons (Fsp3) is 0.150. The van der Waals surface area contributed by atoms with E-state index in [1.807, 2.05) is 60.1 Å². The molecule has 142 valence electrons.